The van der Waals surface area contributed by atoms with Crippen molar-refractivity contribution >= 4 is 56.3 Å². The van der Waals surface area contributed by atoms with E-state index in [1.807, 2.05) is 44.2 Å². The van der Waals surface area contributed by atoms with Gasteiger partial charge in [-0.15, -0.1) is 0 Å². The summed E-state index contributed by atoms with van der Waals surface area (Å²) < 4.78 is 36.1. The van der Waals surface area contributed by atoms with E-state index >= 15 is 0 Å². The van der Waals surface area contributed by atoms with Crippen LogP contribution in [0.1, 0.15) is 19.4 Å². The Labute approximate surface area is 241 Å². The molecular weight excluding hydrogens is 573 g/mol. The van der Waals surface area contributed by atoms with Crippen molar-refractivity contribution in [3.8, 4) is 16.9 Å². The van der Waals surface area contributed by atoms with E-state index in [2.05, 4.69) is 0 Å². The molecule has 3 heterocycles. The summed E-state index contributed by atoms with van der Waals surface area (Å²) >= 11 is 6.25. The van der Waals surface area contributed by atoms with Crippen LogP contribution in [0.25, 0.3) is 23.0 Å². The molecule has 5 rings (SSSR count). The summed E-state index contributed by atoms with van der Waals surface area (Å²) in [5, 5.41) is 13.9. The van der Waals surface area contributed by atoms with E-state index in [4.69, 9.17) is 27.2 Å². The Hall–Kier alpha value is -3.36. The number of nitrogens with zero attached hydrogens (tertiary/aromatic N) is 4. The monoisotopic (exact) mass is 598 g/mol. The average molecular weight is 599 g/mol. The number of hydrogen-bond acceptors (Lipinski definition) is 8. The number of thioether (sulfide) groups is 1. The molecule has 40 heavy (non-hydrogen) atoms. The summed E-state index contributed by atoms with van der Waals surface area (Å²) in [4.78, 5) is 25.6. The van der Waals surface area contributed by atoms with E-state index in [-0.39, 0.29) is 39.4 Å². The topological polar surface area (TPSA) is 122 Å². The van der Waals surface area contributed by atoms with Gasteiger partial charge in [0.25, 0.3) is 5.91 Å². The van der Waals surface area contributed by atoms with Crippen LogP contribution in [-0.2, 0) is 24.3 Å². The van der Waals surface area contributed by atoms with Crippen molar-refractivity contribution in [3.05, 3.63) is 71.3 Å². The predicted octanol–water partition coefficient (Wildman–Crippen LogP) is 3.62. The Bertz CT molecular complexity index is 1610. The first-order valence-corrected chi connectivity index (χ1v) is 15.1. The number of thiocarbonyl (C=S) groups is 1. The minimum absolute atomic E-state index is 0.124. The number of morpholine rings is 1. The normalized spacial score (nSPS) is 21.4. The second-order valence-corrected chi connectivity index (χ2v) is 13.1. The summed E-state index contributed by atoms with van der Waals surface area (Å²) in [6, 6.07) is 15.9. The van der Waals surface area contributed by atoms with E-state index in [1.54, 1.807) is 41.2 Å². The van der Waals surface area contributed by atoms with Crippen LogP contribution in [0.3, 0.4) is 0 Å². The molecule has 2 fully saturated rings. The maximum absolute atomic E-state index is 13.6. The van der Waals surface area contributed by atoms with Gasteiger partial charge in [0.15, 0.2) is 0 Å². The lowest BCUT2D eigenvalue weighted by atomic mass is 10.1. The smallest absolute Gasteiger partial charge is 0.323 e. The number of carbonyl (C=O) groups excluding carboxylic acids is 1. The van der Waals surface area contributed by atoms with Gasteiger partial charge in [-0.3, -0.25) is 14.5 Å². The number of benzene rings is 2. The largest absolute Gasteiger partial charge is 0.480 e. The third-order valence-corrected chi connectivity index (χ3v) is 9.55. The highest BCUT2D eigenvalue weighted by Crippen LogP contribution is 2.35. The first-order chi connectivity index (χ1) is 19.0. The number of amides is 1. The van der Waals surface area contributed by atoms with Crippen molar-refractivity contribution in [2.75, 3.05) is 19.6 Å². The van der Waals surface area contributed by atoms with E-state index in [9.17, 15) is 18.0 Å². The van der Waals surface area contributed by atoms with Crippen molar-refractivity contribution in [1.82, 2.24) is 19.0 Å². The minimum Gasteiger partial charge on any atom is -0.480 e. The van der Waals surface area contributed by atoms with Gasteiger partial charge in [0.1, 0.15) is 16.6 Å². The van der Waals surface area contributed by atoms with E-state index < -0.39 is 28.4 Å². The van der Waals surface area contributed by atoms with Crippen LogP contribution in [0.15, 0.2) is 70.6 Å². The van der Waals surface area contributed by atoms with Crippen molar-refractivity contribution in [2.45, 2.75) is 31.0 Å². The SMILES string of the molecule is C[C@@H]1CN(S(=O)(=O)c2cccc(-c3nn(-c4ccccc4)cc3/C=C3\SC(=S)N(CC(=O)O)C3=O)c2)C[C@H](C)O1. The number of hydrogen-bond donors (Lipinski definition) is 1. The third-order valence-electron chi connectivity index (χ3n) is 6.35. The quantitative estimate of drug-likeness (QED) is 0.321. The zero-order valence-corrected chi connectivity index (χ0v) is 24.1. The van der Waals surface area contributed by atoms with Crippen LogP contribution in [0.5, 0.6) is 0 Å². The van der Waals surface area contributed by atoms with Gasteiger partial charge in [-0.05, 0) is 44.2 Å². The van der Waals surface area contributed by atoms with Crippen LogP contribution in [0.4, 0.5) is 0 Å². The molecule has 2 saturated heterocycles. The average Bonchev–Trinajstić information content (AvgIpc) is 3.45. The molecule has 1 N–H and O–H groups in total. The first kappa shape index (κ1) is 28.2. The molecule has 13 heteroatoms. The van der Waals surface area contributed by atoms with Gasteiger partial charge in [-0.1, -0.05) is 54.3 Å². The Balaban J connectivity index is 1.57. The summed E-state index contributed by atoms with van der Waals surface area (Å²) in [6.45, 7) is 3.66. The number of aromatic nitrogens is 2. The first-order valence-electron chi connectivity index (χ1n) is 12.4. The zero-order valence-electron chi connectivity index (χ0n) is 21.6. The summed E-state index contributed by atoms with van der Waals surface area (Å²) in [7, 11) is -3.81. The molecule has 208 valence electrons. The van der Waals surface area contributed by atoms with E-state index in [1.165, 1.54) is 4.31 Å². The Morgan fingerprint density at radius 1 is 1.15 bits per heavy atom. The molecule has 2 aliphatic rings. The second kappa shape index (κ2) is 11.3. The fourth-order valence-corrected chi connectivity index (χ4v) is 7.51. The van der Waals surface area contributed by atoms with Gasteiger partial charge >= 0.3 is 5.97 Å². The van der Waals surface area contributed by atoms with E-state index in [0.717, 1.165) is 22.3 Å². The lowest BCUT2D eigenvalue weighted by molar-refractivity contribution is -0.140. The second-order valence-electron chi connectivity index (χ2n) is 9.48. The number of carboxylic acid groups (broad SMARTS) is 1. The summed E-state index contributed by atoms with van der Waals surface area (Å²) in [5.74, 6) is -1.68. The molecule has 0 saturated carbocycles. The Morgan fingerprint density at radius 2 is 1.85 bits per heavy atom. The molecule has 1 amide bonds. The molecule has 10 nitrogen and oxygen atoms in total. The molecular formula is C27H26N4O6S3. The van der Waals surface area contributed by atoms with Gasteiger partial charge < -0.3 is 9.84 Å². The third kappa shape index (κ3) is 5.74. The molecule has 0 spiro atoms. The molecule has 0 radical (unpaired) electrons. The molecule has 0 unspecified atom stereocenters. The van der Waals surface area contributed by atoms with Crippen molar-refractivity contribution in [2.24, 2.45) is 0 Å². The van der Waals surface area contributed by atoms with Gasteiger partial charge in [-0.25, -0.2) is 13.1 Å². The fourth-order valence-electron chi connectivity index (χ4n) is 4.62. The summed E-state index contributed by atoms with van der Waals surface area (Å²) in [6.07, 6.45) is 2.89. The van der Waals surface area contributed by atoms with Gasteiger partial charge in [0.05, 0.1) is 27.7 Å². The number of ether oxygens (including phenoxy) is 1. The molecule has 0 aliphatic carbocycles. The maximum atomic E-state index is 13.6. The predicted molar refractivity (Wildman–Crippen MR) is 155 cm³/mol. The standard InChI is InChI=1S/C27H26N4O6S3/c1-17-13-29(14-18(2)37-17)40(35,36)22-10-6-7-19(11-22)25-20(15-31(28-25)21-8-4-3-5-9-21)12-23-26(34)30(16-24(32)33)27(38)39-23/h3-12,15,17-18H,13-14,16H2,1-2H3,(H,32,33)/b23-12-/t17-,18+. The highest BCUT2D eigenvalue weighted by molar-refractivity contribution is 8.26. The Morgan fingerprint density at radius 3 is 2.52 bits per heavy atom. The number of carboxylic acids is 1. The van der Waals surface area contributed by atoms with Crippen molar-refractivity contribution < 1.29 is 27.9 Å². The van der Waals surface area contributed by atoms with Crippen molar-refractivity contribution in [3.63, 3.8) is 0 Å². The van der Waals surface area contributed by atoms with Crippen molar-refractivity contribution in [1.29, 1.82) is 0 Å². The minimum atomic E-state index is -3.81. The number of aliphatic carboxylic acids is 1. The fraction of sp³-hybridized carbons (Fsp3) is 0.259. The number of rotatable bonds is 7. The zero-order chi connectivity index (χ0) is 28.6. The lowest BCUT2D eigenvalue weighted by Crippen LogP contribution is -2.48. The number of sulfonamides is 1. The molecule has 3 aromatic rings. The molecule has 0 bridgehead atoms. The highest BCUT2D eigenvalue weighted by atomic mass is 32.2. The van der Waals surface area contributed by atoms with Gasteiger partial charge in [0, 0.05) is 30.4 Å². The molecule has 2 atom stereocenters. The number of carbonyl (C=O) groups is 2. The Kier molecular flexibility index (Phi) is 7.93. The van der Waals surface area contributed by atoms with E-state index in [0.29, 0.717) is 16.8 Å². The molecule has 2 aliphatic heterocycles. The van der Waals surface area contributed by atoms with Crippen LogP contribution in [0, 0.1) is 0 Å². The molecule has 2 aromatic carbocycles. The van der Waals surface area contributed by atoms with Crippen LogP contribution in [0.2, 0.25) is 0 Å². The van der Waals surface area contributed by atoms with Crippen LogP contribution in [-0.4, -0.2) is 80.5 Å². The highest BCUT2D eigenvalue weighted by Gasteiger charge is 2.34. The van der Waals surface area contributed by atoms with Crippen LogP contribution < -0.4 is 0 Å². The van der Waals surface area contributed by atoms with Gasteiger partial charge in [-0.2, -0.15) is 9.40 Å². The maximum Gasteiger partial charge on any atom is 0.323 e. The number of para-hydroxylation sites is 1. The molecule has 1 aromatic heterocycles. The summed E-state index contributed by atoms with van der Waals surface area (Å²) in [5.41, 5.74) is 2.30. The van der Waals surface area contributed by atoms with Crippen LogP contribution >= 0.6 is 24.0 Å². The lowest BCUT2D eigenvalue weighted by Gasteiger charge is -2.34. The van der Waals surface area contributed by atoms with Gasteiger partial charge in [0.2, 0.25) is 10.0 Å².